The van der Waals surface area contributed by atoms with Crippen molar-refractivity contribution in [2.75, 3.05) is 12.4 Å². The number of fused-ring (bicyclic) bond motifs is 1. The fourth-order valence-electron chi connectivity index (χ4n) is 2.17. The van der Waals surface area contributed by atoms with E-state index in [0.29, 0.717) is 15.9 Å². The molecule has 0 fully saturated rings. The molecule has 24 heavy (non-hydrogen) atoms. The number of ether oxygens (including phenoxy) is 1. The zero-order valence-corrected chi connectivity index (χ0v) is 14.7. The zero-order chi connectivity index (χ0) is 17.1. The largest absolute Gasteiger partial charge is 0.497 e. The van der Waals surface area contributed by atoms with E-state index < -0.39 is 0 Å². The number of aromatic amines is 1. The first-order chi connectivity index (χ1) is 11.6. The predicted octanol–water partition coefficient (Wildman–Crippen LogP) is 4.34. The minimum Gasteiger partial charge on any atom is -0.497 e. The minimum atomic E-state index is -0.330. The number of hydrogen-bond acceptors (Lipinski definition) is 4. The summed E-state index contributed by atoms with van der Waals surface area (Å²) in [6.07, 6.45) is 0. The SMILES string of the molecule is COc1ccc2nc(S[C@@H](C)C(=O)Nc3ccccc3Cl)[nH]c2c1. The Balaban J connectivity index is 1.71. The van der Waals surface area contributed by atoms with Crippen LogP contribution in [0.4, 0.5) is 5.69 Å². The molecule has 0 aliphatic carbocycles. The molecular formula is C17H16ClN3O2S. The third kappa shape index (κ3) is 3.66. The van der Waals surface area contributed by atoms with Crippen molar-refractivity contribution in [3.05, 3.63) is 47.5 Å². The van der Waals surface area contributed by atoms with Gasteiger partial charge in [0.2, 0.25) is 5.91 Å². The van der Waals surface area contributed by atoms with Crippen LogP contribution in [0.15, 0.2) is 47.6 Å². The van der Waals surface area contributed by atoms with Crippen molar-refractivity contribution in [1.29, 1.82) is 0 Å². The van der Waals surface area contributed by atoms with Gasteiger partial charge in [0.15, 0.2) is 5.16 Å². The van der Waals surface area contributed by atoms with Gasteiger partial charge >= 0.3 is 0 Å². The van der Waals surface area contributed by atoms with Gasteiger partial charge in [-0.2, -0.15) is 0 Å². The van der Waals surface area contributed by atoms with Gasteiger partial charge in [0.05, 0.1) is 34.1 Å². The highest BCUT2D eigenvalue weighted by molar-refractivity contribution is 8.00. The molecule has 2 aromatic carbocycles. The molecule has 3 rings (SSSR count). The summed E-state index contributed by atoms with van der Waals surface area (Å²) in [5.41, 5.74) is 2.30. The van der Waals surface area contributed by atoms with E-state index in [-0.39, 0.29) is 11.2 Å². The Morgan fingerprint density at radius 1 is 1.33 bits per heavy atom. The normalized spacial score (nSPS) is 12.1. The number of nitrogens with one attached hydrogen (secondary N) is 2. The van der Waals surface area contributed by atoms with Crippen molar-refractivity contribution in [3.63, 3.8) is 0 Å². The third-order valence-electron chi connectivity index (χ3n) is 3.46. The molecule has 0 radical (unpaired) electrons. The van der Waals surface area contributed by atoms with Crippen molar-refractivity contribution in [2.24, 2.45) is 0 Å². The molecule has 1 aromatic heterocycles. The van der Waals surface area contributed by atoms with Gasteiger partial charge in [-0.3, -0.25) is 4.79 Å². The molecular weight excluding hydrogens is 346 g/mol. The summed E-state index contributed by atoms with van der Waals surface area (Å²) < 4.78 is 5.20. The molecule has 0 unspecified atom stereocenters. The summed E-state index contributed by atoms with van der Waals surface area (Å²) in [5.74, 6) is 0.623. The van der Waals surface area contributed by atoms with E-state index in [0.717, 1.165) is 16.8 Å². The number of benzene rings is 2. The number of para-hydroxylation sites is 1. The smallest absolute Gasteiger partial charge is 0.237 e. The lowest BCUT2D eigenvalue weighted by molar-refractivity contribution is -0.115. The maximum atomic E-state index is 12.3. The molecule has 0 saturated heterocycles. The Kier molecular flexibility index (Phi) is 4.97. The molecule has 3 aromatic rings. The van der Waals surface area contributed by atoms with Gasteiger partial charge < -0.3 is 15.0 Å². The summed E-state index contributed by atoms with van der Waals surface area (Å²) in [4.78, 5) is 20.0. The molecule has 124 valence electrons. The van der Waals surface area contributed by atoms with Crippen LogP contribution in [0.2, 0.25) is 5.02 Å². The third-order valence-corrected chi connectivity index (χ3v) is 4.77. The number of carbonyl (C=O) groups is 1. The van der Waals surface area contributed by atoms with E-state index in [1.807, 2.05) is 37.3 Å². The lowest BCUT2D eigenvalue weighted by Crippen LogP contribution is -2.22. The molecule has 0 aliphatic heterocycles. The summed E-state index contributed by atoms with van der Waals surface area (Å²) in [5, 5.41) is 3.69. The van der Waals surface area contributed by atoms with Crippen molar-refractivity contribution in [3.8, 4) is 5.75 Å². The summed E-state index contributed by atoms with van der Waals surface area (Å²) in [7, 11) is 1.62. The van der Waals surface area contributed by atoms with Crippen molar-refractivity contribution in [1.82, 2.24) is 9.97 Å². The number of nitrogens with zero attached hydrogens (tertiary/aromatic N) is 1. The molecule has 0 spiro atoms. The van der Waals surface area contributed by atoms with Crippen LogP contribution in [-0.4, -0.2) is 28.2 Å². The van der Waals surface area contributed by atoms with Crippen LogP contribution in [0.25, 0.3) is 11.0 Å². The van der Waals surface area contributed by atoms with Gasteiger partial charge in [-0.05, 0) is 31.2 Å². The Hall–Kier alpha value is -2.18. The van der Waals surface area contributed by atoms with Crippen molar-refractivity contribution < 1.29 is 9.53 Å². The standard InChI is InChI=1S/C17H16ClN3O2S/c1-10(16(22)19-13-6-4-3-5-12(13)18)24-17-20-14-8-7-11(23-2)9-15(14)21-17/h3-10H,1-2H3,(H,19,22)(H,20,21)/t10-/m0/s1. The fraction of sp³-hybridized carbons (Fsp3) is 0.176. The first kappa shape index (κ1) is 16.7. The van der Waals surface area contributed by atoms with Crippen LogP contribution in [-0.2, 0) is 4.79 Å². The molecule has 1 heterocycles. The van der Waals surface area contributed by atoms with Gasteiger partial charge in [0, 0.05) is 6.07 Å². The maximum absolute atomic E-state index is 12.3. The Labute approximate surface area is 148 Å². The van der Waals surface area contributed by atoms with Gasteiger partial charge in [0.1, 0.15) is 5.75 Å². The fourth-order valence-corrected chi connectivity index (χ4v) is 3.17. The van der Waals surface area contributed by atoms with E-state index >= 15 is 0 Å². The van der Waals surface area contributed by atoms with Crippen LogP contribution >= 0.6 is 23.4 Å². The number of halogens is 1. The number of amides is 1. The lowest BCUT2D eigenvalue weighted by Gasteiger charge is -2.11. The number of thioether (sulfide) groups is 1. The van der Waals surface area contributed by atoms with Crippen molar-refractivity contribution in [2.45, 2.75) is 17.3 Å². The monoisotopic (exact) mass is 361 g/mol. The second-order valence-electron chi connectivity index (χ2n) is 5.15. The molecule has 2 N–H and O–H groups in total. The highest BCUT2D eigenvalue weighted by Gasteiger charge is 2.17. The van der Waals surface area contributed by atoms with E-state index in [9.17, 15) is 4.79 Å². The number of anilines is 1. The highest BCUT2D eigenvalue weighted by Crippen LogP contribution is 2.27. The van der Waals surface area contributed by atoms with Crippen LogP contribution in [0, 0.1) is 0 Å². The van der Waals surface area contributed by atoms with E-state index in [4.69, 9.17) is 16.3 Å². The van der Waals surface area contributed by atoms with Gasteiger partial charge in [-0.25, -0.2) is 4.98 Å². The van der Waals surface area contributed by atoms with Crippen molar-refractivity contribution >= 4 is 46.0 Å². The second kappa shape index (κ2) is 7.15. The number of rotatable bonds is 5. The van der Waals surface area contributed by atoms with Crippen LogP contribution in [0.1, 0.15) is 6.92 Å². The Morgan fingerprint density at radius 2 is 2.12 bits per heavy atom. The lowest BCUT2D eigenvalue weighted by atomic mass is 10.3. The van der Waals surface area contributed by atoms with E-state index in [1.165, 1.54) is 11.8 Å². The highest BCUT2D eigenvalue weighted by atomic mass is 35.5. The van der Waals surface area contributed by atoms with Gasteiger partial charge in [-0.15, -0.1) is 0 Å². The van der Waals surface area contributed by atoms with Crippen LogP contribution in [0.3, 0.4) is 0 Å². The molecule has 5 nitrogen and oxygen atoms in total. The number of imidazole rings is 1. The number of H-pyrrole nitrogens is 1. The van der Waals surface area contributed by atoms with Crippen LogP contribution in [0.5, 0.6) is 5.75 Å². The molecule has 0 aliphatic rings. The van der Waals surface area contributed by atoms with E-state index in [2.05, 4.69) is 15.3 Å². The Bertz CT molecular complexity index is 881. The number of methoxy groups -OCH3 is 1. The Morgan fingerprint density at radius 3 is 2.88 bits per heavy atom. The predicted molar refractivity (Wildman–Crippen MR) is 98.0 cm³/mol. The number of hydrogen-bond donors (Lipinski definition) is 2. The number of carbonyl (C=O) groups excluding carboxylic acids is 1. The molecule has 0 bridgehead atoms. The first-order valence-electron chi connectivity index (χ1n) is 7.32. The molecule has 1 amide bonds. The molecule has 1 atom stereocenters. The van der Waals surface area contributed by atoms with E-state index in [1.54, 1.807) is 19.2 Å². The van der Waals surface area contributed by atoms with Gasteiger partial charge in [-0.1, -0.05) is 35.5 Å². The molecule has 0 saturated carbocycles. The summed E-state index contributed by atoms with van der Waals surface area (Å²) in [6, 6.07) is 12.8. The average molecular weight is 362 g/mol. The zero-order valence-electron chi connectivity index (χ0n) is 13.2. The second-order valence-corrected chi connectivity index (χ2v) is 6.89. The quantitative estimate of drug-likeness (QED) is 0.663. The summed E-state index contributed by atoms with van der Waals surface area (Å²) >= 11 is 7.42. The average Bonchev–Trinajstić information content (AvgIpc) is 2.97. The number of aromatic nitrogens is 2. The topological polar surface area (TPSA) is 67.0 Å². The maximum Gasteiger partial charge on any atom is 0.237 e. The molecule has 7 heteroatoms. The first-order valence-corrected chi connectivity index (χ1v) is 8.58. The van der Waals surface area contributed by atoms with Crippen LogP contribution < -0.4 is 10.1 Å². The summed E-state index contributed by atoms with van der Waals surface area (Å²) in [6.45, 7) is 1.82. The van der Waals surface area contributed by atoms with Gasteiger partial charge in [0.25, 0.3) is 0 Å². The minimum absolute atomic E-state index is 0.133.